The number of hydrogen-bond donors (Lipinski definition) is 11. The van der Waals surface area contributed by atoms with Gasteiger partial charge in [0.2, 0.25) is 0 Å². The molecular formula is C44H68O23. The Bertz CT molecular complexity index is 1720. The molecule has 3 rings (SSSR count). The molecule has 0 aromatic rings. The van der Waals surface area contributed by atoms with Crippen molar-refractivity contribution in [2.24, 2.45) is 0 Å². The van der Waals surface area contributed by atoms with Gasteiger partial charge in [-0.1, -0.05) is 41.0 Å². The molecule has 0 radical (unpaired) electrons. The molecule has 67 heavy (non-hydrogen) atoms. The summed E-state index contributed by atoms with van der Waals surface area (Å²) < 4.78 is 44.2. The summed E-state index contributed by atoms with van der Waals surface area (Å²) in [5.74, 6) is -5.05. The molecule has 0 amide bonds. The first kappa shape index (κ1) is 57.6. The summed E-state index contributed by atoms with van der Waals surface area (Å²) in [6, 6.07) is 0. The Kier molecular flexibility index (Phi) is 23.6. The van der Waals surface area contributed by atoms with Gasteiger partial charge in [-0.3, -0.25) is 19.2 Å². The molecule has 0 unspecified atom stereocenters. The van der Waals surface area contributed by atoms with E-state index in [-0.39, 0.29) is 6.61 Å². The first-order valence-electron chi connectivity index (χ1n) is 21.8. The maximum atomic E-state index is 11.9. The fourth-order valence-electron chi connectivity index (χ4n) is 7.16. The molecule has 0 aromatic carbocycles. The van der Waals surface area contributed by atoms with E-state index in [0.29, 0.717) is 25.7 Å². The number of ether oxygens (including phenoxy) is 8. The lowest BCUT2D eigenvalue weighted by Crippen LogP contribution is -2.64. The number of aliphatic hydroxyl groups is 9. The maximum absolute atomic E-state index is 11.9. The maximum Gasteiger partial charge on any atom is 0.317 e. The zero-order chi connectivity index (χ0) is 50.2. The molecule has 11 N–H and O–H groups in total. The summed E-state index contributed by atoms with van der Waals surface area (Å²) in [6.07, 6.45) is -14.9. The summed E-state index contributed by atoms with van der Waals surface area (Å²) in [5.41, 5.74) is 1.87. The predicted molar refractivity (Wildman–Crippen MR) is 227 cm³/mol. The van der Waals surface area contributed by atoms with Crippen LogP contribution >= 0.6 is 0 Å². The summed E-state index contributed by atoms with van der Waals surface area (Å²) in [5, 5.41) is 111. The molecule has 23 nitrogen and oxygen atoms in total. The second-order valence-electron chi connectivity index (χ2n) is 17.1. The molecule has 0 saturated carbocycles. The zero-order valence-electron chi connectivity index (χ0n) is 38.0. The summed E-state index contributed by atoms with van der Waals surface area (Å²) in [4.78, 5) is 45.2. The lowest BCUT2D eigenvalue weighted by atomic mass is 9.96. The van der Waals surface area contributed by atoms with Crippen molar-refractivity contribution in [2.45, 2.75) is 177 Å². The Morgan fingerprint density at radius 1 is 0.597 bits per heavy atom. The van der Waals surface area contributed by atoms with Crippen molar-refractivity contribution < 1.29 is 113 Å². The van der Waals surface area contributed by atoms with E-state index in [1.54, 1.807) is 13.8 Å². The van der Waals surface area contributed by atoms with Crippen LogP contribution in [0.15, 0.2) is 47.6 Å². The summed E-state index contributed by atoms with van der Waals surface area (Å²) in [6.45, 7) is 9.17. The topological polar surface area (TPSA) is 365 Å². The SMILES string of the molecule is C=C[C@](C)(CC/C=C(\C)CC/C=C(\C)CC/C=C(/C)CO[C@@H]1O[C@H](COC(=O)CC(=O)O)[C@@H](O)[C@H](O)[C@H]1O[C@@H]1O[C@H](CO)[C@@H](O)[C@H](O)[C@H]1O)O[C@@H]1O[C@H](COC(=O)CC(=O)O)[C@@H](O)[C@H](O)[C@H]1O. The number of hydrogen-bond acceptors (Lipinski definition) is 21. The van der Waals surface area contributed by atoms with E-state index < -0.39 is 154 Å². The van der Waals surface area contributed by atoms with Crippen LogP contribution in [-0.2, 0) is 57.1 Å². The van der Waals surface area contributed by atoms with E-state index in [1.807, 2.05) is 26.0 Å². The molecule has 3 aliphatic rings. The number of allylic oxidation sites excluding steroid dienone is 5. The largest absolute Gasteiger partial charge is 0.481 e. The minimum Gasteiger partial charge on any atom is -0.481 e. The van der Waals surface area contributed by atoms with Gasteiger partial charge in [-0.05, 0) is 66.2 Å². The minimum atomic E-state index is -1.86. The Hall–Kier alpha value is -3.76. The molecule has 0 aromatic heterocycles. The van der Waals surface area contributed by atoms with E-state index in [9.17, 15) is 65.1 Å². The van der Waals surface area contributed by atoms with Gasteiger partial charge in [0.25, 0.3) is 0 Å². The van der Waals surface area contributed by atoms with Crippen LogP contribution in [0.2, 0.25) is 0 Å². The van der Waals surface area contributed by atoms with Crippen LogP contribution in [0, 0.1) is 0 Å². The normalized spacial score (nSPS) is 33.9. The lowest BCUT2D eigenvalue weighted by molar-refractivity contribution is -0.366. The number of carbonyl (C=O) groups is 4. The van der Waals surface area contributed by atoms with E-state index in [0.717, 1.165) is 29.6 Å². The molecule has 3 saturated heterocycles. The Balaban J connectivity index is 1.53. The third-order valence-electron chi connectivity index (χ3n) is 11.4. The van der Waals surface area contributed by atoms with Gasteiger partial charge in [-0.15, -0.1) is 6.58 Å². The smallest absolute Gasteiger partial charge is 0.317 e. The van der Waals surface area contributed by atoms with Crippen LogP contribution in [0.25, 0.3) is 0 Å². The number of aliphatic hydroxyl groups excluding tert-OH is 9. The van der Waals surface area contributed by atoms with Gasteiger partial charge in [-0.25, -0.2) is 0 Å². The van der Waals surface area contributed by atoms with Gasteiger partial charge in [0.1, 0.15) is 99.3 Å². The molecule has 382 valence electrons. The highest BCUT2D eigenvalue weighted by molar-refractivity contribution is 5.90. The fourth-order valence-corrected chi connectivity index (χ4v) is 7.16. The molecule has 16 atom stereocenters. The Labute approximate surface area is 387 Å². The standard InChI is InChI=1S/C44H68O23/c1-6-44(5,67-42-39(59)36(56)33(53)26(64-42)20-60-30(50)16-28(46)47)15-9-14-23(3)11-7-10-22(2)12-8-13-24(4)19-62-43-40(66-41-38(58)35(55)32(52)25(18-45)63-41)37(57)34(54)27(65-43)21-61-31(51)17-29(48)49/h6,10,13-14,25-27,32-43,45,52-59H,1,7-9,11-12,15-21H2,2-5H3,(H,46,47)(H,48,49)/b22-10+,23-14+,24-13-/t25-,26-,27-,32-,33-,34-,35+,36+,37+,38-,39-,40-,41+,42+,43-,44-/m1/s1. The van der Waals surface area contributed by atoms with Crippen molar-refractivity contribution in [3.63, 3.8) is 0 Å². The molecule has 0 aliphatic carbocycles. The molecule has 23 heteroatoms. The van der Waals surface area contributed by atoms with Crippen LogP contribution < -0.4 is 0 Å². The minimum absolute atomic E-state index is 0.0938. The average Bonchev–Trinajstić information content (AvgIpc) is 3.26. The van der Waals surface area contributed by atoms with Crippen LogP contribution in [-0.4, -0.2) is 204 Å². The van der Waals surface area contributed by atoms with Crippen LogP contribution in [0.5, 0.6) is 0 Å². The van der Waals surface area contributed by atoms with Crippen molar-refractivity contribution >= 4 is 23.9 Å². The van der Waals surface area contributed by atoms with Gasteiger partial charge >= 0.3 is 23.9 Å². The molecule has 0 spiro atoms. The lowest BCUT2D eigenvalue weighted by Gasteiger charge is -2.46. The van der Waals surface area contributed by atoms with Crippen molar-refractivity contribution in [3.8, 4) is 0 Å². The summed E-state index contributed by atoms with van der Waals surface area (Å²) in [7, 11) is 0. The van der Waals surface area contributed by atoms with Crippen LogP contribution in [0.3, 0.4) is 0 Å². The first-order chi connectivity index (χ1) is 31.5. The molecule has 3 heterocycles. The monoisotopic (exact) mass is 964 g/mol. The van der Waals surface area contributed by atoms with Crippen molar-refractivity contribution in [2.75, 3.05) is 26.4 Å². The van der Waals surface area contributed by atoms with Crippen molar-refractivity contribution in [1.82, 2.24) is 0 Å². The number of carboxylic acids is 2. The quantitative estimate of drug-likeness (QED) is 0.0270. The Morgan fingerprint density at radius 3 is 1.55 bits per heavy atom. The van der Waals surface area contributed by atoms with E-state index in [4.69, 9.17) is 48.1 Å². The third-order valence-corrected chi connectivity index (χ3v) is 11.4. The van der Waals surface area contributed by atoms with Crippen molar-refractivity contribution in [1.29, 1.82) is 0 Å². The fraction of sp³-hybridized carbons (Fsp3) is 0.727. The second-order valence-corrected chi connectivity index (χ2v) is 17.1. The zero-order valence-corrected chi connectivity index (χ0v) is 38.0. The second kappa shape index (κ2) is 27.4. The number of rotatable bonds is 26. The van der Waals surface area contributed by atoms with Gasteiger partial charge in [-0.2, -0.15) is 0 Å². The highest BCUT2D eigenvalue weighted by Crippen LogP contribution is 2.32. The van der Waals surface area contributed by atoms with Crippen LogP contribution in [0.4, 0.5) is 0 Å². The number of aliphatic carboxylic acids is 2. The first-order valence-corrected chi connectivity index (χ1v) is 21.8. The van der Waals surface area contributed by atoms with Gasteiger partial charge in [0.15, 0.2) is 18.9 Å². The Morgan fingerprint density at radius 2 is 1.04 bits per heavy atom. The number of carboxylic acid groups (broad SMARTS) is 2. The predicted octanol–water partition coefficient (Wildman–Crippen LogP) is -1.38. The summed E-state index contributed by atoms with van der Waals surface area (Å²) >= 11 is 0. The highest BCUT2D eigenvalue weighted by atomic mass is 16.8. The number of carbonyl (C=O) groups excluding carboxylic acids is 2. The molecule has 3 fully saturated rings. The third kappa shape index (κ3) is 17.9. The van der Waals surface area contributed by atoms with E-state index >= 15 is 0 Å². The van der Waals surface area contributed by atoms with E-state index in [1.165, 1.54) is 6.08 Å². The highest BCUT2D eigenvalue weighted by Gasteiger charge is 2.51. The molecule has 0 bridgehead atoms. The van der Waals surface area contributed by atoms with E-state index in [2.05, 4.69) is 12.7 Å². The molecule has 3 aliphatic heterocycles. The van der Waals surface area contributed by atoms with Crippen LogP contribution in [0.1, 0.15) is 79.1 Å². The molecular weight excluding hydrogens is 896 g/mol. The van der Waals surface area contributed by atoms with Crippen molar-refractivity contribution in [3.05, 3.63) is 47.6 Å². The van der Waals surface area contributed by atoms with Gasteiger partial charge < -0.3 is 94.1 Å². The average molecular weight is 965 g/mol. The van der Waals surface area contributed by atoms with Gasteiger partial charge in [0.05, 0.1) is 18.8 Å². The number of esters is 2. The van der Waals surface area contributed by atoms with Gasteiger partial charge in [0, 0.05) is 0 Å².